The lowest BCUT2D eigenvalue weighted by molar-refractivity contribution is -0.392. The molecule has 10 heteroatoms. The molecule has 0 saturated carbocycles. The van der Waals surface area contributed by atoms with E-state index in [1.165, 1.54) is 23.8 Å². The van der Waals surface area contributed by atoms with Crippen LogP contribution in [0.2, 0.25) is 0 Å². The zero-order valence-corrected chi connectivity index (χ0v) is 12.6. The summed E-state index contributed by atoms with van der Waals surface area (Å²) in [4.78, 5) is 24.5. The van der Waals surface area contributed by atoms with E-state index in [1.807, 2.05) is 0 Å². The molecular weight excluding hydrogens is 312 g/mol. The first-order chi connectivity index (χ1) is 10.3. The smallest absolute Gasteiger partial charge is 0.395 e. The Morgan fingerprint density at radius 1 is 1.32 bits per heavy atom. The molecule has 0 spiro atoms. The minimum absolute atomic E-state index is 0.0981. The summed E-state index contributed by atoms with van der Waals surface area (Å²) in [5, 5.41) is 22.0. The molecule has 0 aliphatic rings. The van der Waals surface area contributed by atoms with Crippen LogP contribution in [0, 0.1) is 27.2 Å². The number of thiol groups is 1. The molecule has 0 saturated heterocycles. The second-order valence-electron chi connectivity index (χ2n) is 4.41. The molecule has 0 bridgehead atoms. The average Bonchev–Trinajstić information content (AvgIpc) is 2.75. The maximum absolute atomic E-state index is 11.0. The summed E-state index contributed by atoms with van der Waals surface area (Å²) >= 11 is 4.11. The minimum atomic E-state index is -0.623. The quantitative estimate of drug-likeness (QED) is 0.513. The van der Waals surface area contributed by atoms with E-state index in [9.17, 15) is 20.2 Å². The van der Waals surface area contributed by atoms with Crippen LogP contribution in [0.4, 0.5) is 11.5 Å². The Kier molecular flexibility index (Phi) is 4.31. The molecule has 2 aromatic rings. The first-order valence-electron chi connectivity index (χ1n) is 6.07. The molecule has 22 heavy (non-hydrogen) atoms. The molecule has 0 aliphatic heterocycles. The molecule has 0 unspecified atom stereocenters. The first kappa shape index (κ1) is 15.8. The zero-order valence-electron chi connectivity index (χ0n) is 11.7. The van der Waals surface area contributed by atoms with Gasteiger partial charge in [-0.25, -0.2) is 0 Å². The van der Waals surface area contributed by atoms with Crippen molar-refractivity contribution < 1.29 is 14.6 Å². The highest BCUT2D eigenvalue weighted by Crippen LogP contribution is 2.29. The lowest BCUT2D eigenvalue weighted by Gasteiger charge is -2.07. The number of methoxy groups -OCH3 is 1. The van der Waals surface area contributed by atoms with Crippen molar-refractivity contribution in [1.29, 1.82) is 0 Å². The highest BCUT2D eigenvalue weighted by molar-refractivity contribution is 7.80. The van der Waals surface area contributed by atoms with Crippen molar-refractivity contribution in [2.24, 2.45) is 0 Å². The Morgan fingerprint density at radius 3 is 2.50 bits per heavy atom. The number of imidazole rings is 1. The van der Waals surface area contributed by atoms with E-state index in [1.54, 1.807) is 13.0 Å². The predicted octanol–water partition coefficient (Wildman–Crippen LogP) is 2.35. The average molecular weight is 324 g/mol. The summed E-state index contributed by atoms with van der Waals surface area (Å²) in [6, 6.07) is 4.48. The molecule has 0 amide bonds. The number of aromatic nitrogens is 2. The normalized spacial score (nSPS) is 10.5. The fourth-order valence-corrected chi connectivity index (χ4v) is 2.36. The molecule has 1 heterocycles. The number of benzene rings is 1. The van der Waals surface area contributed by atoms with Crippen LogP contribution in [-0.4, -0.2) is 26.5 Å². The summed E-state index contributed by atoms with van der Waals surface area (Å²) in [5.41, 5.74) is 0.409. The standard InChI is InChI=1S/C12H12N4O5S/c1-7-13-11(16(19)20)12(22)14(7)6-8-3-4-10(21-2)9(5-8)15(17)18/h3-5,22H,6H2,1-2H3. The third-order valence-corrected chi connectivity index (χ3v) is 3.51. The lowest BCUT2D eigenvalue weighted by Crippen LogP contribution is -2.04. The zero-order chi connectivity index (χ0) is 16.4. The Balaban J connectivity index is 2.42. The van der Waals surface area contributed by atoms with Gasteiger partial charge < -0.3 is 14.9 Å². The molecule has 9 nitrogen and oxygen atoms in total. The third-order valence-electron chi connectivity index (χ3n) is 3.07. The summed E-state index contributed by atoms with van der Waals surface area (Å²) < 4.78 is 6.44. The van der Waals surface area contributed by atoms with E-state index in [4.69, 9.17) is 4.74 Å². The Morgan fingerprint density at radius 2 is 2.00 bits per heavy atom. The van der Waals surface area contributed by atoms with Gasteiger partial charge in [-0.1, -0.05) is 6.07 Å². The highest BCUT2D eigenvalue weighted by atomic mass is 32.1. The van der Waals surface area contributed by atoms with Crippen LogP contribution in [0.3, 0.4) is 0 Å². The van der Waals surface area contributed by atoms with Gasteiger partial charge >= 0.3 is 11.5 Å². The van der Waals surface area contributed by atoms with Gasteiger partial charge in [0.05, 0.1) is 18.6 Å². The Bertz CT molecular complexity index is 758. The lowest BCUT2D eigenvalue weighted by atomic mass is 10.2. The summed E-state index contributed by atoms with van der Waals surface area (Å²) in [6.45, 7) is 1.78. The number of rotatable bonds is 5. The van der Waals surface area contributed by atoms with Crippen LogP contribution in [0.15, 0.2) is 23.2 Å². The largest absolute Gasteiger partial charge is 0.490 e. The number of nitro benzene ring substituents is 1. The molecule has 1 aromatic heterocycles. The van der Waals surface area contributed by atoms with E-state index < -0.39 is 9.85 Å². The SMILES string of the molecule is COc1ccc(Cn2c(C)nc([N+](=O)[O-])c2S)cc1[N+](=O)[O-]. The van der Waals surface area contributed by atoms with Gasteiger partial charge in [0.2, 0.25) is 5.82 Å². The van der Waals surface area contributed by atoms with Gasteiger partial charge in [-0.15, -0.1) is 12.6 Å². The summed E-state index contributed by atoms with van der Waals surface area (Å²) in [6.07, 6.45) is 0. The minimum Gasteiger partial charge on any atom is -0.490 e. The Labute approximate surface area is 130 Å². The van der Waals surface area contributed by atoms with Gasteiger partial charge in [0.15, 0.2) is 10.8 Å². The van der Waals surface area contributed by atoms with Crippen LogP contribution >= 0.6 is 12.6 Å². The van der Waals surface area contributed by atoms with Gasteiger partial charge in [-0.05, 0) is 21.5 Å². The molecule has 1 aromatic carbocycles. The van der Waals surface area contributed by atoms with Crippen molar-refractivity contribution in [3.05, 3.63) is 49.8 Å². The van der Waals surface area contributed by atoms with Crippen molar-refractivity contribution in [2.75, 3.05) is 7.11 Å². The maximum Gasteiger partial charge on any atom is 0.395 e. The molecule has 2 rings (SSSR count). The maximum atomic E-state index is 11.0. The molecule has 0 fully saturated rings. The second kappa shape index (κ2) is 6.02. The van der Waals surface area contributed by atoms with Gasteiger partial charge in [-0.3, -0.25) is 14.7 Å². The van der Waals surface area contributed by atoms with E-state index in [0.717, 1.165) is 0 Å². The summed E-state index contributed by atoms with van der Waals surface area (Å²) in [7, 11) is 1.34. The van der Waals surface area contributed by atoms with Crippen molar-refractivity contribution in [3.63, 3.8) is 0 Å². The monoisotopic (exact) mass is 324 g/mol. The number of aryl methyl sites for hydroxylation is 1. The fourth-order valence-electron chi connectivity index (χ4n) is 2.01. The highest BCUT2D eigenvalue weighted by Gasteiger charge is 2.23. The molecule has 0 N–H and O–H groups in total. The molecule has 0 radical (unpaired) electrons. The fraction of sp³-hybridized carbons (Fsp3) is 0.250. The van der Waals surface area contributed by atoms with Crippen LogP contribution in [-0.2, 0) is 6.54 Å². The second-order valence-corrected chi connectivity index (χ2v) is 4.84. The Hall–Kier alpha value is -2.62. The molecule has 0 aliphatic carbocycles. The number of ether oxygens (including phenoxy) is 1. The number of hydrogen-bond donors (Lipinski definition) is 1. The van der Waals surface area contributed by atoms with Crippen molar-refractivity contribution in [2.45, 2.75) is 18.5 Å². The predicted molar refractivity (Wildman–Crippen MR) is 79.6 cm³/mol. The van der Waals surface area contributed by atoms with Crippen LogP contribution in [0.5, 0.6) is 5.75 Å². The van der Waals surface area contributed by atoms with Gasteiger partial charge in [0.1, 0.15) is 0 Å². The molecular formula is C12H12N4O5S. The van der Waals surface area contributed by atoms with Gasteiger partial charge in [0.25, 0.3) is 0 Å². The summed E-state index contributed by atoms with van der Waals surface area (Å²) in [5.74, 6) is 0.201. The topological polar surface area (TPSA) is 113 Å². The van der Waals surface area contributed by atoms with E-state index in [0.29, 0.717) is 11.4 Å². The van der Waals surface area contributed by atoms with E-state index >= 15 is 0 Å². The molecule has 0 atom stereocenters. The van der Waals surface area contributed by atoms with Crippen molar-refractivity contribution in [1.82, 2.24) is 9.55 Å². The van der Waals surface area contributed by atoms with Crippen LogP contribution < -0.4 is 4.74 Å². The number of nitrogens with zero attached hydrogens (tertiary/aromatic N) is 4. The number of hydrogen-bond acceptors (Lipinski definition) is 7. The first-order valence-corrected chi connectivity index (χ1v) is 6.51. The van der Waals surface area contributed by atoms with Gasteiger partial charge in [0, 0.05) is 13.0 Å². The van der Waals surface area contributed by atoms with E-state index in [-0.39, 0.29) is 28.8 Å². The van der Waals surface area contributed by atoms with E-state index in [2.05, 4.69) is 17.6 Å². The van der Waals surface area contributed by atoms with Crippen LogP contribution in [0.1, 0.15) is 11.4 Å². The molecule has 116 valence electrons. The van der Waals surface area contributed by atoms with Gasteiger partial charge in [-0.2, -0.15) is 0 Å². The van der Waals surface area contributed by atoms with Crippen LogP contribution in [0.25, 0.3) is 0 Å². The number of nitro groups is 2. The van der Waals surface area contributed by atoms with Crippen molar-refractivity contribution >= 4 is 24.1 Å². The van der Waals surface area contributed by atoms with Crippen molar-refractivity contribution in [3.8, 4) is 5.75 Å². The third kappa shape index (κ3) is 2.86.